The lowest BCUT2D eigenvalue weighted by molar-refractivity contribution is -0.122. The van der Waals surface area contributed by atoms with Gasteiger partial charge in [0.25, 0.3) is 0 Å². The Kier molecular flexibility index (Phi) is 3.93. The van der Waals surface area contributed by atoms with Crippen molar-refractivity contribution in [3.8, 4) is 0 Å². The first kappa shape index (κ1) is 12.6. The number of carbonyl (C=O) groups is 1. The predicted octanol–water partition coefficient (Wildman–Crippen LogP) is 2.12. The number of rotatable bonds is 3. The van der Waals surface area contributed by atoms with Crippen molar-refractivity contribution in [2.75, 3.05) is 5.73 Å². The Bertz CT molecular complexity index is 366. The molecule has 3 heteroatoms. The van der Waals surface area contributed by atoms with E-state index in [1.165, 1.54) is 0 Å². The maximum Gasteiger partial charge on any atom is 0.220 e. The van der Waals surface area contributed by atoms with Crippen LogP contribution in [0, 0.1) is 0 Å². The van der Waals surface area contributed by atoms with Crippen LogP contribution in [0.2, 0.25) is 0 Å². The van der Waals surface area contributed by atoms with Gasteiger partial charge in [-0.2, -0.15) is 0 Å². The van der Waals surface area contributed by atoms with E-state index in [2.05, 4.69) is 5.32 Å². The molecule has 0 aromatic heterocycles. The molecule has 0 fully saturated rings. The number of hydrogen-bond acceptors (Lipinski definition) is 2. The van der Waals surface area contributed by atoms with E-state index >= 15 is 0 Å². The average molecular weight is 220 g/mol. The zero-order valence-electron chi connectivity index (χ0n) is 10.2. The molecule has 1 aromatic carbocycles. The highest BCUT2D eigenvalue weighted by Gasteiger charge is 2.13. The van der Waals surface area contributed by atoms with E-state index in [1.54, 1.807) is 0 Å². The number of nitrogen functional groups attached to an aromatic ring is 1. The van der Waals surface area contributed by atoms with Gasteiger partial charge in [0, 0.05) is 17.6 Å². The standard InChI is InChI=1S/C13H20N2O/c1-13(2,3)15-12(16)9-8-10-6-4-5-7-11(10)14/h4-7H,8-9,14H2,1-3H3,(H,15,16). The second-order valence-corrected chi connectivity index (χ2v) is 5.00. The Morgan fingerprint density at radius 1 is 1.31 bits per heavy atom. The minimum atomic E-state index is -0.167. The monoisotopic (exact) mass is 220 g/mol. The van der Waals surface area contributed by atoms with Crippen LogP contribution < -0.4 is 11.1 Å². The third kappa shape index (κ3) is 4.34. The van der Waals surface area contributed by atoms with Crippen LogP contribution in [0.25, 0.3) is 0 Å². The van der Waals surface area contributed by atoms with E-state index in [9.17, 15) is 4.79 Å². The van der Waals surface area contributed by atoms with Crippen LogP contribution in [0.5, 0.6) is 0 Å². The summed E-state index contributed by atoms with van der Waals surface area (Å²) in [7, 11) is 0. The first-order chi connectivity index (χ1) is 7.38. The molecule has 1 rings (SSSR count). The molecular formula is C13H20N2O. The highest BCUT2D eigenvalue weighted by Crippen LogP contribution is 2.12. The Balaban J connectivity index is 2.47. The van der Waals surface area contributed by atoms with Crippen LogP contribution in [0.4, 0.5) is 5.69 Å². The minimum Gasteiger partial charge on any atom is -0.399 e. The van der Waals surface area contributed by atoms with Gasteiger partial charge < -0.3 is 11.1 Å². The van der Waals surface area contributed by atoms with Gasteiger partial charge in [-0.25, -0.2) is 0 Å². The zero-order chi connectivity index (χ0) is 12.2. The van der Waals surface area contributed by atoms with Crippen LogP contribution in [0.1, 0.15) is 32.8 Å². The lowest BCUT2D eigenvalue weighted by atomic mass is 10.1. The summed E-state index contributed by atoms with van der Waals surface area (Å²) in [5, 5.41) is 2.93. The second kappa shape index (κ2) is 5.01. The predicted molar refractivity (Wildman–Crippen MR) is 67.1 cm³/mol. The third-order valence-electron chi connectivity index (χ3n) is 2.19. The highest BCUT2D eigenvalue weighted by atomic mass is 16.1. The molecular weight excluding hydrogens is 200 g/mol. The molecule has 3 N–H and O–H groups in total. The van der Waals surface area contributed by atoms with Gasteiger partial charge in [-0.05, 0) is 38.8 Å². The van der Waals surface area contributed by atoms with E-state index < -0.39 is 0 Å². The Hall–Kier alpha value is -1.51. The van der Waals surface area contributed by atoms with E-state index in [0.29, 0.717) is 12.8 Å². The molecule has 88 valence electrons. The maximum absolute atomic E-state index is 11.6. The second-order valence-electron chi connectivity index (χ2n) is 5.00. The van der Waals surface area contributed by atoms with Gasteiger partial charge in [-0.1, -0.05) is 18.2 Å². The number of aryl methyl sites for hydroxylation is 1. The average Bonchev–Trinajstić information content (AvgIpc) is 2.14. The molecule has 0 aliphatic heterocycles. The third-order valence-corrected chi connectivity index (χ3v) is 2.19. The summed E-state index contributed by atoms with van der Waals surface area (Å²) in [5.41, 5.74) is 7.42. The maximum atomic E-state index is 11.6. The van der Waals surface area contributed by atoms with Gasteiger partial charge in [-0.15, -0.1) is 0 Å². The normalized spacial score (nSPS) is 11.2. The highest BCUT2D eigenvalue weighted by molar-refractivity contribution is 5.77. The van der Waals surface area contributed by atoms with Crippen LogP contribution in [-0.2, 0) is 11.2 Å². The topological polar surface area (TPSA) is 55.1 Å². The largest absolute Gasteiger partial charge is 0.399 e. The number of para-hydroxylation sites is 1. The van der Waals surface area contributed by atoms with E-state index in [-0.39, 0.29) is 11.4 Å². The summed E-state index contributed by atoms with van der Waals surface area (Å²) in [6, 6.07) is 7.65. The van der Waals surface area contributed by atoms with Crippen molar-refractivity contribution < 1.29 is 4.79 Å². The summed E-state index contributed by atoms with van der Waals surface area (Å²) in [5.74, 6) is 0.0655. The van der Waals surface area contributed by atoms with E-state index in [4.69, 9.17) is 5.73 Å². The van der Waals surface area contributed by atoms with Crippen LogP contribution in [0.3, 0.4) is 0 Å². The molecule has 3 nitrogen and oxygen atoms in total. The Morgan fingerprint density at radius 3 is 2.50 bits per heavy atom. The molecule has 0 radical (unpaired) electrons. The number of hydrogen-bond donors (Lipinski definition) is 2. The molecule has 0 atom stereocenters. The molecule has 0 spiro atoms. The molecule has 0 heterocycles. The van der Waals surface area contributed by atoms with Crippen molar-refractivity contribution in [1.82, 2.24) is 5.32 Å². The Labute approximate surface area is 97.0 Å². The summed E-state index contributed by atoms with van der Waals surface area (Å²) in [4.78, 5) is 11.6. The quantitative estimate of drug-likeness (QED) is 0.767. The molecule has 0 saturated carbocycles. The smallest absolute Gasteiger partial charge is 0.220 e. The molecule has 0 saturated heterocycles. The van der Waals surface area contributed by atoms with Gasteiger partial charge in [0.05, 0.1) is 0 Å². The molecule has 1 aromatic rings. The number of benzene rings is 1. The van der Waals surface area contributed by atoms with Crippen LogP contribution >= 0.6 is 0 Å². The number of amides is 1. The van der Waals surface area contributed by atoms with Gasteiger partial charge in [-0.3, -0.25) is 4.79 Å². The lowest BCUT2D eigenvalue weighted by Crippen LogP contribution is -2.40. The van der Waals surface area contributed by atoms with Crippen LogP contribution in [0.15, 0.2) is 24.3 Å². The van der Waals surface area contributed by atoms with E-state index in [0.717, 1.165) is 11.3 Å². The van der Waals surface area contributed by atoms with Gasteiger partial charge in [0.15, 0.2) is 0 Å². The van der Waals surface area contributed by atoms with Gasteiger partial charge in [0.2, 0.25) is 5.91 Å². The fraction of sp³-hybridized carbons (Fsp3) is 0.462. The van der Waals surface area contributed by atoms with Crippen LogP contribution in [-0.4, -0.2) is 11.4 Å². The summed E-state index contributed by atoms with van der Waals surface area (Å²) in [6.07, 6.45) is 1.17. The first-order valence-corrected chi connectivity index (χ1v) is 5.53. The fourth-order valence-corrected chi connectivity index (χ4v) is 1.49. The van der Waals surface area contributed by atoms with Crippen molar-refractivity contribution in [2.24, 2.45) is 0 Å². The molecule has 0 bridgehead atoms. The molecule has 0 unspecified atom stereocenters. The lowest BCUT2D eigenvalue weighted by Gasteiger charge is -2.20. The summed E-state index contributed by atoms with van der Waals surface area (Å²) in [6.45, 7) is 5.92. The zero-order valence-corrected chi connectivity index (χ0v) is 10.2. The van der Waals surface area contributed by atoms with Crippen molar-refractivity contribution in [1.29, 1.82) is 0 Å². The molecule has 1 amide bonds. The van der Waals surface area contributed by atoms with Crippen molar-refractivity contribution in [2.45, 2.75) is 39.2 Å². The van der Waals surface area contributed by atoms with Crippen molar-refractivity contribution in [3.05, 3.63) is 29.8 Å². The summed E-state index contributed by atoms with van der Waals surface area (Å²) < 4.78 is 0. The molecule has 0 aliphatic carbocycles. The number of anilines is 1. The molecule has 16 heavy (non-hydrogen) atoms. The minimum absolute atomic E-state index is 0.0655. The van der Waals surface area contributed by atoms with E-state index in [1.807, 2.05) is 45.0 Å². The van der Waals surface area contributed by atoms with Gasteiger partial charge >= 0.3 is 0 Å². The van der Waals surface area contributed by atoms with Gasteiger partial charge in [0.1, 0.15) is 0 Å². The molecule has 0 aliphatic rings. The Morgan fingerprint density at radius 2 is 1.94 bits per heavy atom. The number of nitrogens with two attached hydrogens (primary N) is 1. The van der Waals surface area contributed by atoms with Crippen molar-refractivity contribution >= 4 is 11.6 Å². The van der Waals surface area contributed by atoms with Crippen molar-refractivity contribution in [3.63, 3.8) is 0 Å². The first-order valence-electron chi connectivity index (χ1n) is 5.53. The number of carbonyl (C=O) groups excluding carboxylic acids is 1. The SMILES string of the molecule is CC(C)(C)NC(=O)CCc1ccccc1N. The fourth-order valence-electron chi connectivity index (χ4n) is 1.49. The summed E-state index contributed by atoms with van der Waals surface area (Å²) >= 11 is 0. The number of nitrogens with one attached hydrogen (secondary N) is 1.